The molecule has 3 aromatic heterocycles. The van der Waals surface area contributed by atoms with Gasteiger partial charge < -0.3 is 9.88 Å². The van der Waals surface area contributed by atoms with Crippen LogP contribution in [0.15, 0.2) is 43.0 Å². The number of aromatic amines is 1. The number of hydrogen-bond donors (Lipinski definition) is 1. The molecule has 0 radical (unpaired) electrons. The fourth-order valence-electron chi connectivity index (χ4n) is 3.54. The standard InChI is InChI=1S/C16H24N2O.C7H7N3/c1-3-11-18(13-16(4-2)8-9-16)15(19)12-14-7-5-6-10-17-14;1-5-6-2-3-8-7(6)10-4-9-5/h5-7,10H,3-4,8-9,11-13H2,1-2H3;2-4H,1H3,(H,8,9,10). The first-order chi connectivity index (χ1) is 14.1. The number of nitrogens with zero attached hydrogens (tertiary/aromatic N) is 4. The average Bonchev–Trinajstić information content (AvgIpc) is 3.34. The van der Waals surface area contributed by atoms with Crippen molar-refractivity contribution in [2.24, 2.45) is 5.41 Å². The fraction of sp³-hybridized carbons (Fsp3) is 0.478. The van der Waals surface area contributed by atoms with Crippen LogP contribution in [0.3, 0.4) is 0 Å². The molecular formula is C23H31N5O. The Morgan fingerprint density at radius 3 is 2.62 bits per heavy atom. The highest BCUT2D eigenvalue weighted by Gasteiger charge is 2.42. The SMILES string of the molecule is CCCN(CC1(CC)CC1)C(=O)Cc1ccccn1.Cc1ncnc2[nH]ccc12. The molecule has 0 aliphatic heterocycles. The van der Waals surface area contributed by atoms with Gasteiger partial charge in [-0.25, -0.2) is 9.97 Å². The lowest BCUT2D eigenvalue weighted by atomic mass is 10.0. The molecule has 1 fully saturated rings. The van der Waals surface area contributed by atoms with Gasteiger partial charge in [-0.3, -0.25) is 9.78 Å². The molecule has 1 N–H and O–H groups in total. The van der Waals surface area contributed by atoms with E-state index in [9.17, 15) is 4.79 Å². The minimum absolute atomic E-state index is 0.222. The van der Waals surface area contributed by atoms with Crippen molar-refractivity contribution in [2.75, 3.05) is 13.1 Å². The van der Waals surface area contributed by atoms with Crippen molar-refractivity contribution < 1.29 is 4.79 Å². The third-order valence-electron chi connectivity index (χ3n) is 5.69. The Balaban J connectivity index is 0.000000200. The number of pyridine rings is 1. The number of aromatic nitrogens is 4. The maximum atomic E-state index is 12.4. The Morgan fingerprint density at radius 1 is 1.17 bits per heavy atom. The number of H-pyrrole nitrogens is 1. The Kier molecular flexibility index (Phi) is 6.96. The minimum atomic E-state index is 0.222. The van der Waals surface area contributed by atoms with Crippen LogP contribution in [-0.2, 0) is 11.2 Å². The summed E-state index contributed by atoms with van der Waals surface area (Å²) >= 11 is 0. The van der Waals surface area contributed by atoms with E-state index in [0.717, 1.165) is 41.9 Å². The van der Waals surface area contributed by atoms with Crippen LogP contribution in [0.2, 0.25) is 0 Å². The third-order valence-corrected chi connectivity index (χ3v) is 5.69. The Morgan fingerprint density at radius 2 is 2.00 bits per heavy atom. The first-order valence-electron chi connectivity index (χ1n) is 10.5. The van der Waals surface area contributed by atoms with Gasteiger partial charge in [0.1, 0.15) is 12.0 Å². The molecule has 154 valence electrons. The lowest BCUT2D eigenvalue weighted by molar-refractivity contribution is -0.131. The van der Waals surface area contributed by atoms with E-state index in [1.807, 2.05) is 42.3 Å². The van der Waals surface area contributed by atoms with E-state index in [1.165, 1.54) is 19.3 Å². The van der Waals surface area contributed by atoms with Crippen molar-refractivity contribution in [3.63, 3.8) is 0 Å². The van der Waals surface area contributed by atoms with Gasteiger partial charge in [0, 0.05) is 36.6 Å². The zero-order chi connectivity index (χ0) is 20.7. The van der Waals surface area contributed by atoms with Gasteiger partial charge in [0.15, 0.2) is 0 Å². The summed E-state index contributed by atoms with van der Waals surface area (Å²) in [6.07, 6.45) is 10.4. The molecule has 1 aliphatic rings. The molecule has 0 spiro atoms. The van der Waals surface area contributed by atoms with E-state index in [-0.39, 0.29) is 5.91 Å². The molecule has 0 saturated heterocycles. The molecule has 6 nitrogen and oxygen atoms in total. The number of nitrogens with one attached hydrogen (secondary N) is 1. The predicted octanol–water partition coefficient (Wildman–Crippen LogP) is 4.32. The summed E-state index contributed by atoms with van der Waals surface area (Å²) in [5.41, 5.74) is 3.23. The van der Waals surface area contributed by atoms with Crippen LogP contribution in [-0.4, -0.2) is 43.8 Å². The van der Waals surface area contributed by atoms with E-state index < -0.39 is 0 Å². The highest BCUT2D eigenvalue weighted by Crippen LogP contribution is 2.49. The van der Waals surface area contributed by atoms with E-state index in [2.05, 4.69) is 33.8 Å². The smallest absolute Gasteiger partial charge is 0.228 e. The van der Waals surface area contributed by atoms with Gasteiger partial charge in [-0.05, 0) is 56.2 Å². The van der Waals surface area contributed by atoms with Gasteiger partial charge in [-0.2, -0.15) is 0 Å². The maximum absolute atomic E-state index is 12.4. The molecule has 6 heteroatoms. The summed E-state index contributed by atoms with van der Waals surface area (Å²) in [6, 6.07) is 7.72. The van der Waals surface area contributed by atoms with Crippen molar-refractivity contribution in [3.8, 4) is 0 Å². The second-order valence-electron chi connectivity index (χ2n) is 7.87. The molecule has 1 saturated carbocycles. The van der Waals surface area contributed by atoms with Crippen LogP contribution in [0.25, 0.3) is 11.0 Å². The molecule has 29 heavy (non-hydrogen) atoms. The van der Waals surface area contributed by atoms with Gasteiger partial charge in [-0.15, -0.1) is 0 Å². The number of fused-ring (bicyclic) bond motifs is 1. The number of amides is 1. The molecule has 3 aromatic rings. The van der Waals surface area contributed by atoms with Crippen LogP contribution >= 0.6 is 0 Å². The fourth-order valence-corrected chi connectivity index (χ4v) is 3.54. The van der Waals surface area contributed by atoms with Crippen molar-refractivity contribution >= 4 is 16.9 Å². The number of carbonyl (C=O) groups excluding carboxylic acids is 1. The van der Waals surface area contributed by atoms with Crippen LogP contribution in [0.4, 0.5) is 0 Å². The van der Waals surface area contributed by atoms with Gasteiger partial charge in [0.25, 0.3) is 0 Å². The molecule has 0 aromatic carbocycles. The summed E-state index contributed by atoms with van der Waals surface area (Å²) in [4.78, 5) is 29.8. The van der Waals surface area contributed by atoms with Crippen molar-refractivity contribution in [1.29, 1.82) is 0 Å². The van der Waals surface area contributed by atoms with Crippen molar-refractivity contribution in [2.45, 2.75) is 52.9 Å². The molecule has 1 aliphatic carbocycles. The quantitative estimate of drug-likeness (QED) is 0.649. The minimum Gasteiger partial charge on any atom is -0.346 e. The summed E-state index contributed by atoms with van der Waals surface area (Å²) in [5, 5.41) is 1.10. The number of aryl methyl sites for hydroxylation is 1. The molecule has 0 atom stereocenters. The first-order valence-corrected chi connectivity index (χ1v) is 10.5. The highest BCUT2D eigenvalue weighted by molar-refractivity contribution is 5.78. The van der Waals surface area contributed by atoms with Crippen molar-refractivity contribution in [3.05, 3.63) is 54.4 Å². The summed E-state index contributed by atoms with van der Waals surface area (Å²) in [7, 11) is 0. The van der Waals surface area contributed by atoms with E-state index in [4.69, 9.17) is 0 Å². The second kappa shape index (κ2) is 9.63. The third kappa shape index (κ3) is 5.62. The zero-order valence-electron chi connectivity index (χ0n) is 17.7. The number of rotatable bonds is 7. The Hall–Kier alpha value is -2.76. The number of hydrogen-bond acceptors (Lipinski definition) is 4. The summed E-state index contributed by atoms with van der Waals surface area (Å²) in [6.45, 7) is 8.14. The van der Waals surface area contributed by atoms with Gasteiger partial charge in [0.2, 0.25) is 5.91 Å². The van der Waals surface area contributed by atoms with Crippen LogP contribution in [0.5, 0.6) is 0 Å². The van der Waals surface area contributed by atoms with Gasteiger partial charge >= 0.3 is 0 Å². The predicted molar refractivity (Wildman–Crippen MR) is 115 cm³/mol. The summed E-state index contributed by atoms with van der Waals surface area (Å²) < 4.78 is 0. The lowest BCUT2D eigenvalue weighted by Gasteiger charge is -2.27. The Labute approximate surface area is 172 Å². The van der Waals surface area contributed by atoms with Gasteiger partial charge in [0.05, 0.1) is 12.1 Å². The van der Waals surface area contributed by atoms with E-state index >= 15 is 0 Å². The average molecular weight is 394 g/mol. The highest BCUT2D eigenvalue weighted by atomic mass is 16.2. The van der Waals surface area contributed by atoms with Crippen molar-refractivity contribution in [1.82, 2.24) is 24.8 Å². The topological polar surface area (TPSA) is 74.8 Å². The maximum Gasteiger partial charge on any atom is 0.228 e. The van der Waals surface area contributed by atoms with Gasteiger partial charge in [-0.1, -0.05) is 19.9 Å². The van der Waals surface area contributed by atoms with Crippen LogP contribution < -0.4 is 0 Å². The molecule has 4 rings (SSSR count). The second-order valence-corrected chi connectivity index (χ2v) is 7.87. The Bertz CT molecular complexity index is 917. The van der Waals surface area contributed by atoms with Crippen LogP contribution in [0, 0.1) is 12.3 Å². The molecular weight excluding hydrogens is 362 g/mol. The summed E-state index contributed by atoms with van der Waals surface area (Å²) in [5.74, 6) is 0.222. The van der Waals surface area contributed by atoms with Crippen LogP contribution in [0.1, 0.15) is 50.9 Å². The lowest BCUT2D eigenvalue weighted by Crippen LogP contribution is -2.37. The monoisotopic (exact) mass is 393 g/mol. The largest absolute Gasteiger partial charge is 0.346 e. The number of carbonyl (C=O) groups is 1. The zero-order valence-corrected chi connectivity index (χ0v) is 17.7. The van der Waals surface area contributed by atoms with E-state index in [1.54, 1.807) is 12.5 Å². The first kappa shape index (κ1) is 21.0. The molecule has 1 amide bonds. The molecule has 0 unspecified atom stereocenters. The normalized spacial score (nSPS) is 14.2. The van der Waals surface area contributed by atoms with E-state index in [0.29, 0.717) is 11.8 Å². The molecule has 3 heterocycles. The molecule has 0 bridgehead atoms.